The number of benzene rings is 2. The molecule has 7 saturated carbocycles. The molecule has 432 valence electrons. The summed E-state index contributed by atoms with van der Waals surface area (Å²) in [7, 11) is 5.33. The molecule has 12 rings (SSSR count). The average Bonchev–Trinajstić information content (AvgIpc) is 4.30. The molecule has 7 N–H and O–H groups in total. The van der Waals surface area contributed by atoms with Crippen molar-refractivity contribution in [3.63, 3.8) is 0 Å². The first kappa shape index (κ1) is 55.8. The Bertz CT molecular complexity index is 2830. The number of methoxy groups -OCH3 is 1. The van der Waals surface area contributed by atoms with Gasteiger partial charge in [-0.2, -0.15) is 0 Å². The summed E-state index contributed by atoms with van der Waals surface area (Å²) in [4.78, 5) is 20.6. The van der Waals surface area contributed by atoms with Crippen molar-refractivity contribution in [3.8, 4) is 47.0 Å². The molecule has 2 spiro atoms. The maximum Gasteiger partial charge on any atom is 0.207 e. The molecule has 13 nitrogen and oxygen atoms in total. The summed E-state index contributed by atoms with van der Waals surface area (Å²) in [5, 5.41) is 55.1. The van der Waals surface area contributed by atoms with Crippen LogP contribution in [-0.4, -0.2) is 90.6 Å². The van der Waals surface area contributed by atoms with Gasteiger partial charge in [0.25, 0.3) is 0 Å². The SMILES string of the molecule is CCC1CCC2C(C1)C1C=CC(=O)C3(Cc4ccc(O)c(OC)c4)CCCC3CC#CNC(=NC)Nc3cc(cc4c3OC#CCC3CC(CNC)(CC35CCC3CC6CCC(CO)C6OC3(O)C5)O4)C13CCCC3C2CCCO. The van der Waals surface area contributed by atoms with Gasteiger partial charge in [-0.05, 0) is 210 Å². The lowest BCUT2D eigenvalue weighted by Crippen LogP contribution is -2.57. The number of aliphatic hydroxyl groups is 3. The van der Waals surface area contributed by atoms with Crippen LogP contribution >= 0.6 is 0 Å². The van der Waals surface area contributed by atoms with Gasteiger partial charge in [0.15, 0.2) is 28.8 Å². The lowest BCUT2D eigenvalue weighted by atomic mass is 9.45. The van der Waals surface area contributed by atoms with Crippen LogP contribution in [0.4, 0.5) is 5.69 Å². The van der Waals surface area contributed by atoms with Crippen LogP contribution in [0.15, 0.2) is 47.5 Å². The number of phenolic OH excluding ortho intramolecular Hbond substituents is 1. The Morgan fingerprint density at radius 2 is 1.80 bits per heavy atom. The summed E-state index contributed by atoms with van der Waals surface area (Å²) in [5.41, 5.74) is 0.701. The fourth-order valence-corrected chi connectivity index (χ4v) is 19.9. The molecule has 8 fully saturated rings. The minimum absolute atomic E-state index is 0.00109. The number of aliphatic imine (C=N–C) groups is 1. The Labute approximate surface area is 475 Å². The van der Waals surface area contributed by atoms with E-state index >= 15 is 4.79 Å². The van der Waals surface area contributed by atoms with Crippen molar-refractivity contribution in [2.45, 2.75) is 178 Å². The normalized spacial score (nSPS) is 41.0. The minimum Gasteiger partial charge on any atom is -0.504 e. The highest BCUT2D eigenvalue weighted by Crippen LogP contribution is 2.68. The maximum atomic E-state index is 15.9. The first-order valence-corrected chi connectivity index (χ1v) is 31.2. The maximum absolute atomic E-state index is 15.9. The summed E-state index contributed by atoms with van der Waals surface area (Å²) in [6.07, 6.45) is 27.7. The van der Waals surface area contributed by atoms with Gasteiger partial charge in [0, 0.05) is 74.8 Å². The zero-order chi connectivity index (χ0) is 55.4. The number of carbonyl (C=O) groups is 1. The molecule has 2 aromatic carbocycles. The second kappa shape index (κ2) is 22.4. The summed E-state index contributed by atoms with van der Waals surface area (Å²) >= 11 is 0. The zero-order valence-electron chi connectivity index (χ0n) is 48.1. The quantitative estimate of drug-likeness (QED) is 0.112. The molecule has 0 amide bonds. The van der Waals surface area contributed by atoms with E-state index in [-0.39, 0.29) is 71.8 Å². The van der Waals surface area contributed by atoms with Crippen LogP contribution in [0.3, 0.4) is 0 Å². The molecule has 80 heavy (non-hydrogen) atoms. The number of nitrogens with zero attached hydrogens (tertiary/aromatic N) is 1. The van der Waals surface area contributed by atoms with E-state index in [1.54, 1.807) is 20.2 Å². The van der Waals surface area contributed by atoms with Gasteiger partial charge < -0.3 is 50.0 Å². The van der Waals surface area contributed by atoms with Gasteiger partial charge in [-0.1, -0.05) is 56.6 Å². The number of aromatic hydroxyl groups is 1. The number of hydrogen-bond donors (Lipinski definition) is 7. The van der Waals surface area contributed by atoms with Crippen LogP contribution in [-0.2, 0) is 21.4 Å². The van der Waals surface area contributed by atoms with Crippen LogP contribution in [0.1, 0.15) is 159 Å². The van der Waals surface area contributed by atoms with Crippen molar-refractivity contribution in [2.24, 2.45) is 80.9 Å². The number of allylic oxidation sites excluding steroid dienone is 2. The summed E-state index contributed by atoms with van der Waals surface area (Å²) < 4.78 is 27.1. The third-order valence-corrected chi connectivity index (χ3v) is 23.4. The third-order valence-electron chi connectivity index (χ3n) is 23.4. The molecular formula is C67H90N4O9. The Hall–Kier alpha value is -4.76. The van der Waals surface area contributed by atoms with E-state index in [1.165, 1.54) is 12.0 Å². The van der Waals surface area contributed by atoms with E-state index in [9.17, 15) is 20.4 Å². The molecule has 10 aliphatic rings. The first-order valence-electron chi connectivity index (χ1n) is 31.2. The molecule has 4 bridgehead atoms. The molecule has 1 saturated heterocycles. The van der Waals surface area contributed by atoms with E-state index < -0.39 is 22.2 Å². The Kier molecular flexibility index (Phi) is 15.6. The molecular weight excluding hydrogens is 1000 g/mol. The van der Waals surface area contributed by atoms with Crippen LogP contribution in [0.5, 0.6) is 23.0 Å². The van der Waals surface area contributed by atoms with E-state index in [2.05, 4.69) is 65.1 Å². The number of likely N-dealkylation sites (N-methyl/N-ethyl adjacent to an activating group) is 1. The van der Waals surface area contributed by atoms with Crippen LogP contribution in [0.25, 0.3) is 0 Å². The molecule has 2 aromatic rings. The predicted molar refractivity (Wildman–Crippen MR) is 309 cm³/mol. The number of fused-ring (bicyclic) bond motifs is 12. The number of rotatable bonds is 10. The lowest BCUT2D eigenvalue weighted by Gasteiger charge is -2.59. The van der Waals surface area contributed by atoms with Crippen LogP contribution in [0.2, 0.25) is 0 Å². The largest absolute Gasteiger partial charge is 0.504 e. The van der Waals surface area contributed by atoms with Gasteiger partial charge in [-0.3, -0.25) is 15.1 Å². The fourth-order valence-electron chi connectivity index (χ4n) is 19.9. The van der Waals surface area contributed by atoms with Gasteiger partial charge in [0.2, 0.25) is 11.7 Å². The van der Waals surface area contributed by atoms with Crippen molar-refractivity contribution in [1.82, 2.24) is 10.6 Å². The number of aliphatic hydroxyl groups excluding tert-OH is 2. The van der Waals surface area contributed by atoms with Gasteiger partial charge in [0.05, 0.1) is 18.9 Å². The van der Waals surface area contributed by atoms with Crippen molar-refractivity contribution in [1.29, 1.82) is 0 Å². The highest BCUT2D eigenvalue weighted by molar-refractivity contribution is 5.97. The number of phenols is 1. The third kappa shape index (κ3) is 9.63. The van der Waals surface area contributed by atoms with Crippen molar-refractivity contribution >= 4 is 17.4 Å². The highest BCUT2D eigenvalue weighted by atomic mass is 16.6. The molecule has 13 heteroatoms. The molecule has 17 unspecified atom stereocenters. The Balaban J connectivity index is 1.01. The molecule has 0 radical (unpaired) electrons. The number of hydrogen-bond acceptors (Lipinski definition) is 11. The number of ether oxygens (including phenoxy) is 4. The second-order valence-electron chi connectivity index (χ2n) is 27.0. The standard InChI is InChI=1S/C67H90N4O9/c1-5-42-16-20-50-51(14-9-29-72)53-15-7-26-66(53)49-34-55(71-62(69-3)70-28-8-12-46-11-6-25-65(46,59(75)23-21-54(66)52(50)31-42)36-43-17-22-56(74)57(32-43)77-4)61-58(35-49)79-64(41-68-2)37-48(13-10-30-78-61)63(39-64)27-24-47-33-44-18-19-45(38-73)60(44)80-67(47,76)40-63/h17,21-23,32,34-35,42,44-48,50-54,60,68,72-74,76H,5-7,9,11-16,18-20,24-27,29,31,33,36-41H2,1-4H3,(H2,69,70,71). The van der Waals surface area contributed by atoms with Crippen LogP contribution in [0, 0.1) is 99.9 Å². The molecule has 3 heterocycles. The summed E-state index contributed by atoms with van der Waals surface area (Å²) in [5.74, 6) is 10.6. The summed E-state index contributed by atoms with van der Waals surface area (Å²) in [6.45, 7) is 3.17. The van der Waals surface area contributed by atoms with E-state index in [0.29, 0.717) is 97.1 Å². The van der Waals surface area contributed by atoms with E-state index in [4.69, 9.17) is 23.9 Å². The van der Waals surface area contributed by atoms with Crippen molar-refractivity contribution in [2.75, 3.05) is 46.3 Å². The van der Waals surface area contributed by atoms with Crippen molar-refractivity contribution in [3.05, 3.63) is 53.6 Å². The molecule has 0 aromatic heterocycles. The zero-order valence-corrected chi connectivity index (χ0v) is 48.1. The monoisotopic (exact) mass is 1090 g/mol. The van der Waals surface area contributed by atoms with Crippen LogP contribution < -0.4 is 30.2 Å². The highest BCUT2D eigenvalue weighted by Gasteiger charge is 2.65. The fraction of sp³-hybridized carbons (Fsp3) is 0.701. The Morgan fingerprint density at radius 3 is 2.61 bits per heavy atom. The van der Waals surface area contributed by atoms with E-state index in [1.807, 2.05) is 25.3 Å². The van der Waals surface area contributed by atoms with Crippen molar-refractivity contribution < 1.29 is 44.2 Å². The number of ketones is 1. The predicted octanol–water partition coefficient (Wildman–Crippen LogP) is 10.2. The number of guanidine groups is 1. The second-order valence-corrected chi connectivity index (χ2v) is 27.0. The topological polar surface area (TPSA) is 183 Å². The lowest BCUT2D eigenvalue weighted by molar-refractivity contribution is -0.328. The average molecular weight is 1100 g/mol. The number of anilines is 1. The van der Waals surface area contributed by atoms with Gasteiger partial charge in [-0.15, -0.1) is 0 Å². The number of carbonyl (C=O) groups excluding carboxylic acids is 1. The van der Waals surface area contributed by atoms with Gasteiger partial charge in [-0.25, -0.2) is 0 Å². The smallest absolute Gasteiger partial charge is 0.207 e. The molecule has 7 aliphatic carbocycles. The minimum atomic E-state index is -1.29. The Morgan fingerprint density at radius 1 is 0.938 bits per heavy atom. The number of nitrogens with one attached hydrogen (secondary N) is 3. The molecule has 17 atom stereocenters. The summed E-state index contributed by atoms with van der Waals surface area (Å²) in [6, 6.07) is 13.4. The molecule has 3 aliphatic heterocycles. The van der Waals surface area contributed by atoms with E-state index in [0.717, 1.165) is 115 Å². The van der Waals surface area contributed by atoms with Gasteiger partial charge >= 0.3 is 0 Å². The van der Waals surface area contributed by atoms with Gasteiger partial charge in [0.1, 0.15) is 11.7 Å². The first-order chi connectivity index (χ1) is 38.9.